The van der Waals surface area contributed by atoms with Gasteiger partial charge in [0.1, 0.15) is 0 Å². The maximum atomic E-state index is 10.7. The highest BCUT2D eigenvalue weighted by molar-refractivity contribution is 7.80. The maximum Gasteiger partial charge on any atom is 0.0675 e. The second kappa shape index (κ2) is 5.01. The van der Waals surface area contributed by atoms with E-state index in [4.69, 9.17) is 5.53 Å². The summed E-state index contributed by atoms with van der Waals surface area (Å²) < 4.78 is 42.7. The van der Waals surface area contributed by atoms with Gasteiger partial charge in [-0.3, -0.25) is 8.42 Å². The average Bonchev–Trinajstić information content (AvgIpc) is 2.17. The summed E-state index contributed by atoms with van der Waals surface area (Å²) in [7, 11) is 0. The fraction of sp³-hybridized carbons (Fsp3) is 0. The van der Waals surface area contributed by atoms with Gasteiger partial charge in [-0.25, -0.2) is 0 Å². The number of benzene rings is 1. The predicted molar refractivity (Wildman–Crippen MR) is 49.6 cm³/mol. The van der Waals surface area contributed by atoms with Crippen molar-refractivity contribution < 1.29 is 17.5 Å². The largest absolute Gasteiger partial charge is 0.768 e. The lowest BCUT2D eigenvalue weighted by Crippen LogP contribution is -1.95. The van der Waals surface area contributed by atoms with Crippen LogP contribution < -0.4 is 0 Å². The van der Waals surface area contributed by atoms with E-state index in [1.165, 1.54) is 6.07 Å². The normalized spacial score (nSPS) is 14.0. The van der Waals surface area contributed by atoms with Gasteiger partial charge in [-0.1, -0.05) is 11.2 Å². The fourth-order valence-corrected chi connectivity index (χ4v) is 1.98. The third-order valence-corrected chi connectivity index (χ3v) is 2.84. The summed E-state index contributed by atoms with van der Waals surface area (Å²) in [5.74, 6) is 0. The first-order chi connectivity index (χ1) is 7.07. The van der Waals surface area contributed by atoms with Crippen molar-refractivity contribution in [3.05, 3.63) is 28.6 Å². The summed E-state index contributed by atoms with van der Waals surface area (Å²) in [4.78, 5) is 1.67. The van der Waals surface area contributed by atoms with Gasteiger partial charge in [0.15, 0.2) is 0 Å². The van der Waals surface area contributed by atoms with Gasteiger partial charge >= 0.3 is 0 Å². The van der Waals surface area contributed by atoms with Gasteiger partial charge in [0.2, 0.25) is 0 Å². The van der Waals surface area contributed by atoms with Crippen LogP contribution >= 0.6 is 0 Å². The monoisotopic (exact) mass is 245 g/mol. The van der Waals surface area contributed by atoms with Gasteiger partial charge in [0, 0.05) is 14.7 Å². The van der Waals surface area contributed by atoms with Gasteiger partial charge < -0.3 is 9.11 Å². The molecule has 1 rings (SSSR count). The number of hydrogen-bond donors (Lipinski definition) is 0. The van der Waals surface area contributed by atoms with Crippen molar-refractivity contribution in [2.75, 3.05) is 0 Å². The average molecular weight is 245 g/mol. The predicted octanol–water partition coefficient (Wildman–Crippen LogP) is 1.10. The van der Waals surface area contributed by atoms with Crippen LogP contribution in [0.5, 0.6) is 0 Å². The van der Waals surface area contributed by atoms with E-state index < -0.39 is 27.8 Å². The van der Waals surface area contributed by atoms with Gasteiger partial charge in [-0.15, -0.1) is 0 Å². The molecule has 0 amide bonds. The molecule has 0 radical (unpaired) electrons. The molecule has 0 heterocycles. The molecule has 0 aromatic heterocycles. The van der Waals surface area contributed by atoms with Crippen LogP contribution in [0, 0.1) is 0 Å². The summed E-state index contributed by atoms with van der Waals surface area (Å²) in [6, 6.07) is 3.53. The molecule has 0 fully saturated rings. The summed E-state index contributed by atoms with van der Waals surface area (Å²) in [5, 5.41) is 3.04. The number of azide groups is 1. The molecule has 2 unspecified atom stereocenters. The third kappa shape index (κ3) is 2.61. The molecule has 0 aliphatic carbocycles. The van der Waals surface area contributed by atoms with Gasteiger partial charge in [0.05, 0.1) is 5.69 Å². The number of hydrogen-bond acceptors (Lipinski definition) is 5. The van der Waals surface area contributed by atoms with Crippen molar-refractivity contribution in [2.45, 2.75) is 9.79 Å². The van der Waals surface area contributed by atoms with Crippen molar-refractivity contribution in [1.82, 2.24) is 0 Å². The van der Waals surface area contributed by atoms with E-state index in [1.54, 1.807) is 0 Å². The smallest absolute Gasteiger partial charge is 0.0675 e. The van der Waals surface area contributed by atoms with E-state index in [1.807, 2.05) is 0 Å². The van der Waals surface area contributed by atoms with Crippen LogP contribution in [0.1, 0.15) is 0 Å². The van der Waals surface area contributed by atoms with Crippen LogP contribution in [0.3, 0.4) is 0 Å². The fourth-order valence-electron chi connectivity index (χ4n) is 0.914. The molecule has 0 spiro atoms. The van der Waals surface area contributed by atoms with E-state index in [0.29, 0.717) is 0 Å². The van der Waals surface area contributed by atoms with Crippen molar-refractivity contribution in [1.29, 1.82) is 0 Å². The van der Waals surface area contributed by atoms with Crippen molar-refractivity contribution in [3.8, 4) is 0 Å². The Morgan fingerprint density at radius 2 is 1.67 bits per heavy atom. The molecule has 0 aliphatic rings. The highest BCUT2D eigenvalue weighted by Gasteiger charge is 2.07. The molecule has 2 atom stereocenters. The minimum absolute atomic E-state index is 0.352. The van der Waals surface area contributed by atoms with Gasteiger partial charge in [-0.2, -0.15) is 0 Å². The molecule has 1 aromatic rings. The molecule has 0 bridgehead atoms. The molecule has 0 saturated heterocycles. The molecule has 1 aromatic carbocycles. The van der Waals surface area contributed by atoms with Gasteiger partial charge in [0.25, 0.3) is 0 Å². The molecule has 15 heavy (non-hydrogen) atoms. The van der Waals surface area contributed by atoms with Crippen molar-refractivity contribution >= 4 is 27.8 Å². The Kier molecular flexibility index (Phi) is 3.95. The van der Waals surface area contributed by atoms with Crippen LogP contribution in [-0.2, 0) is 22.2 Å². The van der Waals surface area contributed by atoms with Crippen LogP contribution in [0.2, 0.25) is 0 Å². The molecule has 0 N–H and O–H groups in total. The quantitative estimate of drug-likeness (QED) is 0.341. The number of nitrogens with zero attached hydrogens (tertiary/aromatic N) is 3. The Balaban J connectivity index is 3.55. The summed E-state index contributed by atoms with van der Waals surface area (Å²) >= 11 is -5.31. The number of rotatable bonds is 3. The lowest BCUT2D eigenvalue weighted by atomic mass is 10.3. The van der Waals surface area contributed by atoms with Gasteiger partial charge in [-0.05, 0) is 39.8 Å². The second-order valence-corrected chi connectivity index (χ2v) is 4.08. The summed E-state index contributed by atoms with van der Waals surface area (Å²) in [6.45, 7) is 0. The zero-order valence-electron chi connectivity index (χ0n) is 7.02. The zero-order chi connectivity index (χ0) is 11.4. The van der Waals surface area contributed by atoms with E-state index >= 15 is 0 Å². The summed E-state index contributed by atoms with van der Waals surface area (Å²) in [6.07, 6.45) is 0. The third-order valence-electron chi connectivity index (χ3n) is 1.47. The SMILES string of the molecule is [N-]=[N+]=Nc1c(S(=O)[O-])cccc1S(=O)[O-]. The topological polar surface area (TPSA) is 129 Å². The van der Waals surface area contributed by atoms with E-state index in [0.717, 1.165) is 12.1 Å². The lowest BCUT2D eigenvalue weighted by Gasteiger charge is -2.13. The first-order valence-electron chi connectivity index (χ1n) is 3.44. The van der Waals surface area contributed by atoms with Crippen LogP contribution in [-0.4, -0.2) is 17.5 Å². The first kappa shape index (κ1) is 11.8. The standard InChI is InChI=1S/C6H5N3O4S2/c7-9-8-6-4(14(10)11)2-1-3-5(6)15(12)13/h1-3H,(H,10,11)(H,12,13)/p-2. The minimum Gasteiger partial charge on any atom is -0.768 e. The Morgan fingerprint density at radius 3 is 2.00 bits per heavy atom. The van der Waals surface area contributed by atoms with Crippen molar-refractivity contribution in [2.24, 2.45) is 5.11 Å². The van der Waals surface area contributed by atoms with E-state index in [-0.39, 0.29) is 9.79 Å². The molecular formula is C6H3N3O4S2-2. The van der Waals surface area contributed by atoms with E-state index in [9.17, 15) is 17.5 Å². The Morgan fingerprint density at radius 1 is 1.20 bits per heavy atom. The zero-order valence-corrected chi connectivity index (χ0v) is 8.66. The molecular weight excluding hydrogens is 242 g/mol. The molecule has 0 aliphatic heterocycles. The molecule has 7 nitrogen and oxygen atoms in total. The highest BCUT2D eigenvalue weighted by atomic mass is 32.2. The molecule has 0 saturated carbocycles. The second-order valence-electron chi connectivity index (χ2n) is 2.26. The van der Waals surface area contributed by atoms with Crippen molar-refractivity contribution in [3.63, 3.8) is 0 Å². The molecule has 80 valence electrons. The van der Waals surface area contributed by atoms with Crippen LogP contribution in [0.15, 0.2) is 33.1 Å². The Labute approximate surface area is 89.3 Å². The van der Waals surface area contributed by atoms with Crippen LogP contribution in [0.25, 0.3) is 10.4 Å². The minimum atomic E-state index is -2.66. The Hall–Kier alpha value is -1.25. The molecule has 9 heteroatoms. The summed E-state index contributed by atoms with van der Waals surface area (Å²) in [5.41, 5.74) is 7.77. The maximum absolute atomic E-state index is 10.7. The highest BCUT2D eigenvalue weighted by Crippen LogP contribution is 2.29. The Bertz CT molecular complexity index is 451. The lowest BCUT2D eigenvalue weighted by molar-refractivity contribution is 0.535. The van der Waals surface area contributed by atoms with Crippen LogP contribution in [0.4, 0.5) is 5.69 Å². The first-order valence-corrected chi connectivity index (χ1v) is 5.59. The van der Waals surface area contributed by atoms with E-state index in [2.05, 4.69) is 10.0 Å².